The molecule has 6 aromatic carbocycles. The third-order valence-corrected chi connectivity index (χ3v) is 13.3. The predicted octanol–water partition coefficient (Wildman–Crippen LogP) is 13.6. The highest BCUT2D eigenvalue weighted by Gasteiger charge is 2.21. The number of hydrogen-bond acceptors (Lipinski definition) is 6. The van der Waals surface area contributed by atoms with Crippen LogP contribution in [-0.4, -0.2) is 28.6 Å². The number of nitrogens with zero attached hydrogens (tertiary/aromatic N) is 2. The maximum absolute atomic E-state index is 13.2. The van der Waals surface area contributed by atoms with Gasteiger partial charge in [-0.1, -0.05) is 110 Å². The average Bonchev–Trinajstić information content (AvgIpc) is 3.84. The van der Waals surface area contributed by atoms with Crippen molar-refractivity contribution in [2.24, 2.45) is 0 Å². The van der Waals surface area contributed by atoms with Crippen molar-refractivity contribution in [2.75, 3.05) is 6.79 Å². The molecule has 1 aromatic heterocycles. The first-order valence-corrected chi connectivity index (χ1v) is 23.5. The first-order valence-electron chi connectivity index (χ1n) is 22.8. The molecular weight excluding hydrogens is 852 g/mol. The molecule has 8 nitrogen and oxygen atoms in total. The molecule has 2 aliphatic carbocycles. The number of carbonyl (C=O) groups is 2. The van der Waals surface area contributed by atoms with Crippen LogP contribution in [0.3, 0.4) is 0 Å². The standard InChI is InChI=1S/C28H26ClN3O.C27H26ClNO3/c29-25-9-7-21(8-10-25)23-15-22(20-4-2-1-3-5-20)16-24(17-23)28(33)32-18-19-6-11-26-27(14-19)31-13-12-30-26;28-24-9-7-20(8-10-24)22-13-21(19-4-2-1-3-5-19)14-23(15-22)27(30)29-16-18-6-11-25-26(12-18)32-17-31-25/h6-17,20H,1-5,18H2,(H,32,33);6-15,19H,1-5,16-17H2,(H,29,30). The highest BCUT2D eigenvalue weighted by molar-refractivity contribution is 6.31. The second-order valence-corrected chi connectivity index (χ2v) is 18.2. The third kappa shape index (κ3) is 11.2. The predicted molar refractivity (Wildman–Crippen MR) is 260 cm³/mol. The summed E-state index contributed by atoms with van der Waals surface area (Å²) in [6, 6.07) is 39.9. The summed E-state index contributed by atoms with van der Waals surface area (Å²) in [6.07, 6.45) is 15.7. The molecule has 0 unspecified atom stereocenters. The molecule has 10 heteroatoms. The number of rotatable bonds is 10. The van der Waals surface area contributed by atoms with Gasteiger partial charge in [0.1, 0.15) is 0 Å². The van der Waals surface area contributed by atoms with E-state index in [1.807, 2.05) is 97.1 Å². The Labute approximate surface area is 390 Å². The van der Waals surface area contributed by atoms with E-state index < -0.39 is 0 Å². The van der Waals surface area contributed by atoms with Crippen molar-refractivity contribution < 1.29 is 19.1 Å². The number of amides is 2. The van der Waals surface area contributed by atoms with Gasteiger partial charge < -0.3 is 20.1 Å². The summed E-state index contributed by atoms with van der Waals surface area (Å²) in [4.78, 5) is 35.0. The fourth-order valence-corrected chi connectivity index (χ4v) is 9.52. The zero-order valence-corrected chi connectivity index (χ0v) is 37.8. The van der Waals surface area contributed by atoms with Gasteiger partial charge in [-0.05, 0) is 155 Å². The quantitative estimate of drug-likeness (QED) is 0.142. The van der Waals surface area contributed by atoms with Gasteiger partial charge in [0.2, 0.25) is 6.79 Å². The molecule has 7 aromatic rings. The fraction of sp³-hybridized carbons (Fsp3) is 0.273. The monoisotopic (exact) mass is 902 g/mol. The Morgan fingerprint density at radius 1 is 0.492 bits per heavy atom. The Kier molecular flexibility index (Phi) is 14.0. The molecule has 2 amide bonds. The van der Waals surface area contributed by atoms with Crippen LogP contribution in [-0.2, 0) is 13.1 Å². The molecule has 2 heterocycles. The Morgan fingerprint density at radius 2 is 0.969 bits per heavy atom. The lowest BCUT2D eigenvalue weighted by molar-refractivity contribution is 0.0942. The van der Waals surface area contributed by atoms with Crippen LogP contribution in [0.1, 0.15) is 119 Å². The summed E-state index contributed by atoms with van der Waals surface area (Å²) >= 11 is 12.2. The number of fused-ring (bicyclic) bond motifs is 2. The van der Waals surface area contributed by atoms with Gasteiger partial charge >= 0.3 is 0 Å². The minimum atomic E-state index is -0.0736. The summed E-state index contributed by atoms with van der Waals surface area (Å²) in [5, 5.41) is 7.57. The van der Waals surface area contributed by atoms with Crippen LogP contribution in [0.5, 0.6) is 11.5 Å². The van der Waals surface area contributed by atoms with Crippen LogP contribution in [0.15, 0.2) is 134 Å². The van der Waals surface area contributed by atoms with E-state index in [1.165, 1.54) is 75.3 Å². The molecular formula is C55H52Cl2N4O4. The van der Waals surface area contributed by atoms with Crippen molar-refractivity contribution >= 4 is 46.0 Å². The van der Waals surface area contributed by atoms with Gasteiger partial charge in [0.15, 0.2) is 11.5 Å². The van der Waals surface area contributed by atoms with E-state index >= 15 is 0 Å². The van der Waals surface area contributed by atoms with E-state index in [4.69, 9.17) is 32.7 Å². The number of aromatic nitrogens is 2. The number of benzene rings is 6. The molecule has 0 radical (unpaired) electrons. The largest absolute Gasteiger partial charge is 0.454 e. The van der Waals surface area contributed by atoms with Gasteiger partial charge in [0.25, 0.3) is 11.8 Å². The first-order chi connectivity index (χ1) is 31.8. The molecule has 10 rings (SSSR count). The Morgan fingerprint density at radius 3 is 1.51 bits per heavy atom. The summed E-state index contributed by atoms with van der Waals surface area (Å²) < 4.78 is 10.8. The molecule has 2 fully saturated rings. The van der Waals surface area contributed by atoms with E-state index in [2.05, 4.69) is 44.9 Å². The minimum absolute atomic E-state index is 0.0675. The molecule has 2 N–H and O–H groups in total. The van der Waals surface area contributed by atoms with Crippen LogP contribution in [0.4, 0.5) is 0 Å². The van der Waals surface area contributed by atoms with E-state index in [9.17, 15) is 9.59 Å². The SMILES string of the molecule is O=C(NCc1ccc2c(c1)OCO2)c1cc(-c2ccc(Cl)cc2)cc(C2CCCCC2)c1.O=C(NCc1ccc2nccnc2c1)c1cc(-c2ccc(Cl)cc2)cc(C2CCCCC2)c1. The number of halogens is 2. The summed E-state index contributed by atoms with van der Waals surface area (Å²) in [6.45, 7) is 1.11. The molecule has 0 atom stereocenters. The average molecular weight is 904 g/mol. The third-order valence-electron chi connectivity index (χ3n) is 12.8. The normalized spacial score (nSPS) is 14.9. The second-order valence-electron chi connectivity index (χ2n) is 17.3. The number of carbonyl (C=O) groups excluding carboxylic acids is 2. The number of ether oxygens (including phenoxy) is 2. The molecule has 0 saturated heterocycles. The lowest BCUT2D eigenvalue weighted by Gasteiger charge is -2.23. The van der Waals surface area contributed by atoms with E-state index in [0.717, 1.165) is 55.9 Å². The second kappa shape index (κ2) is 20.7. The van der Waals surface area contributed by atoms with E-state index in [1.54, 1.807) is 12.4 Å². The van der Waals surface area contributed by atoms with Crippen LogP contribution >= 0.6 is 23.2 Å². The lowest BCUT2D eigenvalue weighted by atomic mass is 9.82. The van der Waals surface area contributed by atoms with Crippen LogP contribution in [0.2, 0.25) is 10.0 Å². The lowest BCUT2D eigenvalue weighted by Crippen LogP contribution is -2.23. The summed E-state index contributed by atoms with van der Waals surface area (Å²) in [5.74, 6) is 2.35. The zero-order chi connectivity index (χ0) is 44.5. The molecule has 0 bridgehead atoms. The van der Waals surface area contributed by atoms with Crippen molar-refractivity contribution in [3.05, 3.63) is 177 Å². The van der Waals surface area contributed by atoms with Gasteiger partial charge in [-0.2, -0.15) is 0 Å². The summed E-state index contributed by atoms with van der Waals surface area (Å²) in [7, 11) is 0. The minimum Gasteiger partial charge on any atom is -0.454 e. The molecule has 1 aliphatic heterocycles. The highest BCUT2D eigenvalue weighted by atomic mass is 35.5. The summed E-state index contributed by atoms with van der Waals surface area (Å²) in [5.41, 5.74) is 11.8. The molecule has 330 valence electrons. The highest BCUT2D eigenvalue weighted by Crippen LogP contribution is 2.38. The fourth-order valence-electron chi connectivity index (χ4n) is 9.27. The van der Waals surface area contributed by atoms with Gasteiger partial charge in [0.05, 0.1) is 11.0 Å². The number of hydrogen-bond donors (Lipinski definition) is 2. The Balaban J connectivity index is 0.000000164. The Hall–Kier alpha value is -6.22. The van der Waals surface area contributed by atoms with Gasteiger partial charge in [-0.25, -0.2) is 0 Å². The van der Waals surface area contributed by atoms with Gasteiger partial charge in [-0.15, -0.1) is 0 Å². The van der Waals surface area contributed by atoms with Crippen molar-refractivity contribution in [1.82, 2.24) is 20.6 Å². The zero-order valence-electron chi connectivity index (χ0n) is 36.3. The van der Waals surface area contributed by atoms with Gasteiger partial charge in [-0.3, -0.25) is 19.6 Å². The van der Waals surface area contributed by atoms with Crippen molar-refractivity contribution in [3.63, 3.8) is 0 Å². The van der Waals surface area contributed by atoms with Gasteiger partial charge in [0, 0.05) is 46.7 Å². The molecule has 0 spiro atoms. The maximum Gasteiger partial charge on any atom is 0.251 e. The molecule has 3 aliphatic rings. The van der Waals surface area contributed by atoms with E-state index in [0.29, 0.717) is 46.1 Å². The number of nitrogens with one attached hydrogen (secondary N) is 2. The van der Waals surface area contributed by atoms with Crippen LogP contribution in [0.25, 0.3) is 33.3 Å². The first kappa shape index (κ1) is 44.0. The Bertz CT molecular complexity index is 2780. The smallest absolute Gasteiger partial charge is 0.251 e. The molecule has 65 heavy (non-hydrogen) atoms. The van der Waals surface area contributed by atoms with Crippen LogP contribution < -0.4 is 20.1 Å². The maximum atomic E-state index is 13.2. The van der Waals surface area contributed by atoms with Crippen molar-refractivity contribution in [1.29, 1.82) is 0 Å². The van der Waals surface area contributed by atoms with Crippen molar-refractivity contribution in [3.8, 4) is 33.8 Å². The topological polar surface area (TPSA) is 102 Å². The van der Waals surface area contributed by atoms with Crippen molar-refractivity contribution in [2.45, 2.75) is 89.1 Å². The molecule has 2 saturated carbocycles. The van der Waals surface area contributed by atoms with E-state index in [-0.39, 0.29) is 18.6 Å². The van der Waals surface area contributed by atoms with Crippen LogP contribution in [0, 0.1) is 0 Å².